The number of aromatic nitrogens is 3. The fourth-order valence-corrected chi connectivity index (χ4v) is 4.16. The molecule has 0 spiro atoms. The minimum atomic E-state index is -4.51. The number of benzene rings is 1. The first kappa shape index (κ1) is 18.2. The van der Waals surface area contributed by atoms with Gasteiger partial charge in [0.25, 0.3) is 0 Å². The number of nitrogens with one attached hydrogen (secondary N) is 2. The maximum atomic E-state index is 13.3. The lowest BCUT2D eigenvalue weighted by molar-refractivity contribution is -0.137. The molecular weight excluding hydrogens is 379 g/mol. The molecule has 0 aliphatic carbocycles. The smallest absolute Gasteiger partial charge is 0.392 e. The van der Waals surface area contributed by atoms with Crippen molar-refractivity contribution in [2.75, 3.05) is 24.5 Å². The fourth-order valence-electron chi connectivity index (χ4n) is 3.19. The number of aliphatic hydroxyl groups is 1. The quantitative estimate of drug-likeness (QED) is 0.633. The second-order valence-corrected chi connectivity index (χ2v) is 7.54. The van der Waals surface area contributed by atoms with Crippen LogP contribution in [-0.2, 0) is 12.8 Å². The molecule has 10 heteroatoms. The van der Waals surface area contributed by atoms with E-state index >= 15 is 0 Å². The topological polar surface area (TPSA) is 77.1 Å². The van der Waals surface area contributed by atoms with E-state index in [9.17, 15) is 18.3 Å². The summed E-state index contributed by atoms with van der Waals surface area (Å²) in [6, 6.07) is 5.36. The van der Waals surface area contributed by atoms with Gasteiger partial charge in [-0.1, -0.05) is 17.4 Å². The number of anilines is 1. The summed E-state index contributed by atoms with van der Waals surface area (Å²) in [6.45, 7) is 3.77. The highest BCUT2D eigenvalue weighted by Crippen LogP contribution is 2.42. The molecule has 0 radical (unpaired) electrons. The number of imidazole rings is 1. The minimum absolute atomic E-state index is 0.122. The van der Waals surface area contributed by atoms with Crippen molar-refractivity contribution >= 4 is 27.4 Å². The van der Waals surface area contributed by atoms with Crippen LogP contribution in [0.25, 0.3) is 22.6 Å². The Labute approximate surface area is 157 Å². The highest BCUT2D eigenvalue weighted by Gasteiger charge is 2.38. The van der Waals surface area contributed by atoms with Crippen molar-refractivity contribution < 1.29 is 18.3 Å². The van der Waals surface area contributed by atoms with Gasteiger partial charge in [-0.25, -0.2) is 9.97 Å². The summed E-state index contributed by atoms with van der Waals surface area (Å²) in [6.07, 6.45) is -4.51. The van der Waals surface area contributed by atoms with E-state index in [1.54, 1.807) is 18.2 Å². The van der Waals surface area contributed by atoms with Crippen molar-refractivity contribution in [3.05, 3.63) is 28.8 Å². The zero-order valence-electron chi connectivity index (χ0n) is 14.5. The number of aromatic amines is 1. The van der Waals surface area contributed by atoms with Crippen LogP contribution in [0.2, 0.25) is 0 Å². The Morgan fingerprint density at radius 3 is 2.85 bits per heavy atom. The molecule has 1 aromatic carbocycles. The number of nitrogens with zero attached hydrogens (tertiary/aromatic N) is 3. The number of H-pyrrole nitrogens is 1. The molecule has 6 nitrogen and oxygen atoms in total. The Kier molecular flexibility index (Phi) is 4.57. The number of hydrogen-bond donors (Lipinski definition) is 3. The van der Waals surface area contributed by atoms with Crippen molar-refractivity contribution in [2.24, 2.45) is 0 Å². The van der Waals surface area contributed by atoms with Crippen LogP contribution in [-0.4, -0.2) is 45.7 Å². The summed E-state index contributed by atoms with van der Waals surface area (Å²) < 4.78 is 39.9. The Bertz CT molecular complexity index is 967. The summed E-state index contributed by atoms with van der Waals surface area (Å²) in [4.78, 5) is 13.3. The van der Waals surface area contributed by atoms with Gasteiger partial charge in [0.05, 0.1) is 17.6 Å². The summed E-state index contributed by atoms with van der Waals surface area (Å²) >= 11 is 0.649. The number of rotatable bonds is 3. The van der Waals surface area contributed by atoms with E-state index in [1.807, 2.05) is 11.8 Å². The molecule has 1 fully saturated rings. The van der Waals surface area contributed by atoms with Gasteiger partial charge in [0.15, 0.2) is 5.82 Å². The van der Waals surface area contributed by atoms with Crippen LogP contribution >= 0.6 is 11.3 Å². The first-order valence-corrected chi connectivity index (χ1v) is 9.33. The molecule has 1 aliphatic rings. The molecule has 0 amide bonds. The maximum absolute atomic E-state index is 13.3. The van der Waals surface area contributed by atoms with Crippen LogP contribution in [0.5, 0.6) is 0 Å². The molecule has 27 heavy (non-hydrogen) atoms. The lowest BCUT2D eigenvalue weighted by atomic mass is 10.2. The number of fused-ring (bicyclic) bond motifs is 1. The molecule has 1 atom stereocenters. The third-order valence-corrected chi connectivity index (χ3v) is 5.62. The molecular formula is C17H18F3N5OS. The van der Waals surface area contributed by atoms with Crippen LogP contribution in [0.4, 0.5) is 18.2 Å². The molecule has 0 bridgehead atoms. The minimum Gasteiger partial charge on any atom is -0.392 e. The predicted molar refractivity (Wildman–Crippen MR) is 97.8 cm³/mol. The van der Waals surface area contributed by atoms with Crippen LogP contribution < -0.4 is 10.2 Å². The first-order chi connectivity index (χ1) is 12.8. The third kappa shape index (κ3) is 3.52. The SMILES string of the molecule is C[C@@H]1CN(c2sc(C(F)(F)F)nc2-c2nc3ccc(CO)cc3[nH]2)CCN1. The van der Waals surface area contributed by atoms with Crippen LogP contribution in [0.1, 0.15) is 17.5 Å². The van der Waals surface area contributed by atoms with E-state index in [2.05, 4.69) is 20.3 Å². The van der Waals surface area contributed by atoms with E-state index < -0.39 is 11.2 Å². The average Bonchev–Trinajstić information content (AvgIpc) is 3.24. The number of piperazine rings is 1. The summed E-state index contributed by atoms with van der Waals surface area (Å²) in [5.41, 5.74) is 2.17. The highest BCUT2D eigenvalue weighted by molar-refractivity contribution is 7.16. The highest BCUT2D eigenvalue weighted by atomic mass is 32.1. The second kappa shape index (κ2) is 6.77. The van der Waals surface area contributed by atoms with Crippen LogP contribution in [0, 0.1) is 0 Å². The fraction of sp³-hybridized carbons (Fsp3) is 0.412. The summed E-state index contributed by atoms with van der Waals surface area (Å²) in [5.74, 6) is 0.299. The van der Waals surface area contributed by atoms with Gasteiger partial charge >= 0.3 is 6.18 Å². The van der Waals surface area contributed by atoms with Crippen molar-refractivity contribution in [1.82, 2.24) is 20.3 Å². The first-order valence-electron chi connectivity index (χ1n) is 8.51. The standard InChI is InChI=1S/C17H18F3N5OS/c1-9-7-25(5-4-21-9)15-13(24-16(27-15)17(18,19)20)14-22-11-3-2-10(8-26)6-12(11)23-14/h2-3,6,9,21,26H,4-5,7-8H2,1H3,(H,22,23)/t9-/m1/s1. The summed E-state index contributed by atoms with van der Waals surface area (Å²) in [7, 11) is 0. The van der Waals surface area contributed by atoms with Gasteiger partial charge in [-0.15, -0.1) is 0 Å². The molecule has 2 aromatic heterocycles. The Morgan fingerprint density at radius 1 is 1.33 bits per heavy atom. The molecule has 0 saturated carbocycles. The Hall–Kier alpha value is -2.17. The van der Waals surface area contributed by atoms with Gasteiger partial charge in [0, 0.05) is 25.7 Å². The zero-order chi connectivity index (χ0) is 19.2. The van der Waals surface area contributed by atoms with Gasteiger partial charge in [0.2, 0.25) is 5.01 Å². The molecule has 1 aliphatic heterocycles. The number of hydrogen-bond acceptors (Lipinski definition) is 6. The van der Waals surface area contributed by atoms with E-state index in [-0.39, 0.29) is 18.3 Å². The molecule has 3 aromatic rings. The Balaban J connectivity index is 1.82. The number of halogens is 3. The Morgan fingerprint density at radius 2 is 2.15 bits per heavy atom. The van der Waals surface area contributed by atoms with E-state index in [1.165, 1.54) is 0 Å². The molecule has 1 saturated heterocycles. The molecule has 144 valence electrons. The molecule has 4 rings (SSSR count). The van der Waals surface area contributed by atoms with Crippen molar-refractivity contribution in [3.8, 4) is 11.5 Å². The monoisotopic (exact) mass is 397 g/mol. The van der Waals surface area contributed by atoms with Crippen molar-refractivity contribution in [3.63, 3.8) is 0 Å². The lowest BCUT2D eigenvalue weighted by Crippen LogP contribution is -2.49. The van der Waals surface area contributed by atoms with E-state index in [0.29, 0.717) is 58.4 Å². The number of alkyl halides is 3. The number of thiazole rings is 1. The average molecular weight is 397 g/mol. The van der Waals surface area contributed by atoms with E-state index in [4.69, 9.17) is 0 Å². The van der Waals surface area contributed by atoms with Crippen LogP contribution in [0.3, 0.4) is 0 Å². The van der Waals surface area contributed by atoms with Gasteiger partial charge in [-0.05, 0) is 24.6 Å². The normalized spacial score (nSPS) is 18.4. The van der Waals surface area contributed by atoms with E-state index in [0.717, 1.165) is 0 Å². The summed E-state index contributed by atoms with van der Waals surface area (Å²) in [5, 5.41) is 12.1. The molecule has 0 unspecified atom stereocenters. The van der Waals surface area contributed by atoms with Gasteiger partial charge in [-0.3, -0.25) is 0 Å². The maximum Gasteiger partial charge on any atom is 0.443 e. The third-order valence-electron chi connectivity index (χ3n) is 4.46. The largest absolute Gasteiger partial charge is 0.443 e. The lowest BCUT2D eigenvalue weighted by Gasteiger charge is -2.32. The zero-order valence-corrected chi connectivity index (χ0v) is 15.3. The van der Waals surface area contributed by atoms with Gasteiger partial charge < -0.3 is 20.3 Å². The molecule has 3 heterocycles. The predicted octanol–water partition coefficient (Wildman–Crippen LogP) is 3.00. The second-order valence-electron chi connectivity index (χ2n) is 6.57. The number of aliphatic hydroxyl groups excluding tert-OH is 1. The van der Waals surface area contributed by atoms with Gasteiger partial charge in [0.1, 0.15) is 10.7 Å². The van der Waals surface area contributed by atoms with Gasteiger partial charge in [-0.2, -0.15) is 13.2 Å². The van der Waals surface area contributed by atoms with Crippen LogP contribution in [0.15, 0.2) is 18.2 Å². The van der Waals surface area contributed by atoms with Crippen molar-refractivity contribution in [1.29, 1.82) is 0 Å². The molecule has 3 N–H and O–H groups in total. The van der Waals surface area contributed by atoms with Crippen molar-refractivity contribution in [2.45, 2.75) is 25.7 Å².